The maximum absolute atomic E-state index is 5.46. The molecule has 0 radical (unpaired) electrons. The van der Waals surface area contributed by atoms with E-state index in [2.05, 4.69) is 5.10 Å². The summed E-state index contributed by atoms with van der Waals surface area (Å²) >= 11 is 1.41. The molecule has 0 saturated heterocycles. The first-order chi connectivity index (χ1) is 7.26. The van der Waals surface area contributed by atoms with E-state index in [1.54, 1.807) is 0 Å². The Morgan fingerprint density at radius 3 is 2.60 bits per heavy atom. The molecular weight excluding hydrogens is 210 g/mol. The Hall–Kier alpha value is -1.36. The third-order valence-electron chi connectivity index (χ3n) is 1.75. The fraction of sp³-hybridized carbons (Fsp3) is 0.300. The van der Waals surface area contributed by atoms with E-state index < -0.39 is 0 Å². The van der Waals surface area contributed by atoms with E-state index in [1.807, 2.05) is 31.2 Å². The van der Waals surface area contributed by atoms with Gasteiger partial charge in [-0.3, -0.25) is 0 Å². The minimum absolute atomic E-state index is 0.392. The molecule has 1 aromatic carbocycles. The maximum atomic E-state index is 5.46. The largest absolute Gasteiger partial charge is 0.494 e. The molecule has 0 heterocycles. The van der Waals surface area contributed by atoms with Crippen molar-refractivity contribution in [3.8, 4) is 5.75 Å². The van der Waals surface area contributed by atoms with Gasteiger partial charge in [-0.2, -0.15) is 5.10 Å². The molecule has 4 N–H and O–H groups in total. The molecule has 0 bridgehead atoms. The number of rotatable bonds is 4. The van der Waals surface area contributed by atoms with Crippen LogP contribution in [0, 0.1) is 0 Å². The van der Waals surface area contributed by atoms with Crippen LogP contribution >= 0.6 is 11.8 Å². The molecule has 0 fully saturated rings. The summed E-state index contributed by atoms with van der Waals surface area (Å²) in [6, 6.07) is 7.88. The number of hydrogen-bond acceptors (Lipinski definition) is 4. The van der Waals surface area contributed by atoms with E-state index in [1.165, 1.54) is 11.8 Å². The highest BCUT2D eigenvalue weighted by atomic mass is 32.2. The number of thioether (sulfide) groups is 1. The third kappa shape index (κ3) is 4.12. The molecule has 82 valence electrons. The Morgan fingerprint density at radius 2 is 2.07 bits per heavy atom. The van der Waals surface area contributed by atoms with E-state index in [0.717, 1.165) is 17.1 Å². The van der Waals surface area contributed by atoms with Crippen LogP contribution in [0.2, 0.25) is 0 Å². The molecule has 0 aliphatic carbocycles. The van der Waals surface area contributed by atoms with Crippen molar-refractivity contribution < 1.29 is 4.74 Å². The Labute approximate surface area is 93.7 Å². The number of benzene rings is 1. The predicted octanol–water partition coefficient (Wildman–Crippen LogP) is 1.51. The number of ether oxygens (including phenoxy) is 1. The van der Waals surface area contributed by atoms with Crippen molar-refractivity contribution in [1.29, 1.82) is 0 Å². The van der Waals surface area contributed by atoms with Gasteiger partial charge >= 0.3 is 0 Å². The first-order valence-corrected chi connectivity index (χ1v) is 5.62. The van der Waals surface area contributed by atoms with Gasteiger partial charge < -0.3 is 16.3 Å². The lowest BCUT2D eigenvalue weighted by atomic mass is 10.2. The van der Waals surface area contributed by atoms with Crippen molar-refractivity contribution in [2.24, 2.45) is 16.7 Å². The van der Waals surface area contributed by atoms with Gasteiger partial charge in [-0.05, 0) is 24.6 Å². The summed E-state index contributed by atoms with van der Waals surface area (Å²) in [5, 5.41) is 3.78. The lowest BCUT2D eigenvalue weighted by Crippen LogP contribution is -2.09. The van der Waals surface area contributed by atoms with Crippen LogP contribution in [0.3, 0.4) is 0 Å². The SMILES string of the molecule is CCOc1ccc(CSC(N)=NN)cc1. The summed E-state index contributed by atoms with van der Waals surface area (Å²) in [6.45, 7) is 2.64. The van der Waals surface area contributed by atoms with Crippen LogP contribution in [0.5, 0.6) is 5.75 Å². The summed E-state index contributed by atoms with van der Waals surface area (Å²) in [7, 11) is 0. The van der Waals surface area contributed by atoms with E-state index in [-0.39, 0.29) is 0 Å². The molecule has 0 aliphatic heterocycles. The van der Waals surface area contributed by atoms with Gasteiger partial charge in [0.15, 0.2) is 5.17 Å². The van der Waals surface area contributed by atoms with Crippen molar-refractivity contribution in [3.05, 3.63) is 29.8 Å². The zero-order chi connectivity index (χ0) is 11.1. The number of hydrogen-bond donors (Lipinski definition) is 2. The van der Waals surface area contributed by atoms with Gasteiger partial charge in [0, 0.05) is 5.75 Å². The van der Waals surface area contributed by atoms with Gasteiger partial charge in [-0.15, -0.1) is 0 Å². The van der Waals surface area contributed by atoms with Gasteiger partial charge in [0.1, 0.15) is 5.75 Å². The summed E-state index contributed by atoms with van der Waals surface area (Å²) in [4.78, 5) is 0. The predicted molar refractivity (Wildman–Crippen MR) is 64.7 cm³/mol. The minimum atomic E-state index is 0.392. The zero-order valence-corrected chi connectivity index (χ0v) is 9.46. The Kier molecular flexibility index (Phi) is 4.83. The molecule has 0 spiro atoms. The van der Waals surface area contributed by atoms with E-state index in [9.17, 15) is 0 Å². The molecule has 1 aromatic rings. The summed E-state index contributed by atoms with van der Waals surface area (Å²) in [5.74, 6) is 6.67. The first-order valence-electron chi connectivity index (χ1n) is 4.64. The average Bonchev–Trinajstić information content (AvgIpc) is 2.28. The molecule has 0 unspecified atom stereocenters. The lowest BCUT2D eigenvalue weighted by Gasteiger charge is -2.04. The Morgan fingerprint density at radius 1 is 1.40 bits per heavy atom. The van der Waals surface area contributed by atoms with Crippen molar-refractivity contribution in [1.82, 2.24) is 0 Å². The van der Waals surface area contributed by atoms with Crippen molar-refractivity contribution in [3.63, 3.8) is 0 Å². The Bertz CT molecular complexity index is 324. The second-order valence-electron chi connectivity index (χ2n) is 2.83. The highest BCUT2D eigenvalue weighted by molar-refractivity contribution is 8.13. The topological polar surface area (TPSA) is 73.6 Å². The average molecular weight is 225 g/mol. The van der Waals surface area contributed by atoms with Gasteiger partial charge in [0.05, 0.1) is 6.61 Å². The lowest BCUT2D eigenvalue weighted by molar-refractivity contribution is 0.340. The summed E-state index contributed by atoms with van der Waals surface area (Å²) in [6.07, 6.45) is 0. The summed E-state index contributed by atoms with van der Waals surface area (Å²) < 4.78 is 5.33. The van der Waals surface area contributed by atoms with Crippen LogP contribution < -0.4 is 16.3 Å². The van der Waals surface area contributed by atoms with Gasteiger partial charge in [-0.1, -0.05) is 23.9 Å². The van der Waals surface area contributed by atoms with Crippen molar-refractivity contribution >= 4 is 16.9 Å². The normalized spacial score (nSPS) is 11.4. The van der Waals surface area contributed by atoms with E-state index >= 15 is 0 Å². The van der Waals surface area contributed by atoms with Gasteiger partial charge in [0.25, 0.3) is 0 Å². The molecule has 0 amide bonds. The van der Waals surface area contributed by atoms with E-state index in [0.29, 0.717) is 11.8 Å². The van der Waals surface area contributed by atoms with Crippen molar-refractivity contribution in [2.45, 2.75) is 12.7 Å². The molecule has 15 heavy (non-hydrogen) atoms. The fourth-order valence-corrected chi connectivity index (χ4v) is 1.62. The molecule has 4 nitrogen and oxygen atoms in total. The smallest absolute Gasteiger partial charge is 0.177 e. The third-order valence-corrected chi connectivity index (χ3v) is 2.63. The van der Waals surface area contributed by atoms with Crippen LogP contribution in [0.25, 0.3) is 0 Å². The molecule has 0 atom stereocenters. The second kappa shape index (κ2) is 6.19. The first kappa shape index (κ1) is 11.7. The summed E-state index contributed by atoms with van der Waals surface area (Å²) in [5.41, 5.74) is 6.62. The van der Waals surface area contributed by atoms with Gasteiger partial charge in [-0.25, -0.2) is 0 Å². The highest BCUT2D eigenvalue weighted by Crippen LogP contribution is 2.16. The number of nitrogens with zero attached hydrogens (tertiary/aromatic N) is 1. The zero-order valence-electron chi connectivity index (χ0n) is 8.64. The fourth-order valence-electron chi connectivity index (χ4n) is 1.04. The monoisotopic (exact) mass is 225 g/mol. The molecular formula is C10H15N3OS. The Balaban J connectivity index is 2.49. The molecule has 0 aromatic heterocycles. The standard InChI is InChI=1S/C10H15N3OS/c1-2-14-9-5-3-8(4-6-9)7-15-10(11)13-12/h3-6H,2,7,12H2,1H3,(H2,11,13). The molecule has 1 rings (SSSR count). The van der Waals surface area contributed by atoms with Crippen LogP contribution in [0.4, 0.5) is 0 Å². The molecule has 0 aliphatic rings. The van der Waals surface area contributed by atoms with Crippen LogP contribution in [-0.4, -0.2) is 11.8 Å². The number of amidine groups is 1. The number of hydrazone groups is 1. The van der Waals surface area contributed by atoms with Crippen LogP contribution in [0.1, 0.15) is 12.5 Å². The van der Waals surface area contributed by atoms with Crippen LogP contribution in [0.15, 0.2) is 29.4 Å². The maximum Gasteiger partial charge on any atom is 0.177 e. The highest BCUT2D eigenvalue weighted by Gasteiger charge is 1.97. The molecule has 5 heteroatoms. The number of nitrogens with two attached hydrogens (primary N) is 2. The van der Waals surface area contributed by atoms with E-state index in [4.69, 9.17) is 16.3 Å². The van der Waals surface area contributed by atoms with Crippen molar-refractivity contribution in [2.75, 3.05) is 6.61 Å². The molecule has 0 saturated carbocycles. The quantitative estimate of drug-likeness (QED) is 0.352. The minimum Gasteiger partial charge on any atom is -0.494 e. The van der Waals surface area contributed by atoms with Crippen LogP contribution in [-0.2, 0) is 5.75 Å². The van der Waals surface area contributed by atoms with Gasteiger partial charge in [0.2, 0.25) is 0 Å². The second-order valence-corrected chi connectivity index (χ2v) is 3.83.